The van der Waals surface area contributed by atoms with Crippen molar-refractivity contribution in [1.29, 1.82) is 0 Å². The van der Waals surface area contributed by atoms with Crippen LogP contribution in [0.4, 0.5) is 0 Å². The summed E-state index contributed by atoms with van der Waals surface area (Å²) in [4.78, 5) is 11.8. The van der Waals surface area contributed by atoms with Crippen LogP contribution in [0.25, 0.3) is 0 Å². The van der Waals surface area contributed by atoms with Crippen molar-refractivity contribution in [3.8, 4) is 5.75 Å². The molecule has 0 bridgehead atoms. The van der Waals surface area contributed by atoms with Crippen LogP contribution in [0.5, 0.6) is 5.75 Å². The number of benzene rings is 1. The zero-order valence-corrected chi connectivity index (χ0v) is 14.8. The summed E-state index contributed by atoms with van der Waals surface area (Å²) in [6, 6.07) is 3.16. The van der Waals surface area contributed by atoms with E-state index in [9.17, 15) is 13.2 Å². The van der Waals surface area contributed by atoms with Crippen molar-refractivity contribution >= 4 is 27.5 Å². The van der Waals surface area contributed by atoms with Gasteiger partial charge in [-0.05, 0) is 31.5 Å². The highest BCUT2D eigenvalue weighted by Crippen LogP contribution is 2.26. The molecule has 1 aromatic carbocycles. The number of halogens is 1. The number of ether oxygens (including phenoxy) is 2. The van der Waals surface area contributed by atoms with Gasteiger partial charge in [-0.1, -0.05) is 11.6 Å². The molecule has 1 rings (SSSR count). The summed E-state index contributed by atoms with van der Waals surface area (Å²) in [6.45, 7) is 2.40. The Morgan fingerprint density at radius 1 is 1.35 bits per heavy atom. The molecular formula is C14H21ClN2O5S. The molecule has 0 fully saturated rings. The number of hydrogen-bond donors (Lipinski definition) is 2. The molecule has 1 aromatic rings. The Kier molecular flexibility index (Phi) is 7.77. The van der Waals surface area contributed by atoms with E-state index in [0.29, 0.717) is 25.3 Å². The number of carbonyl (C=O) groups excluding carboxylic acids is 1. The van der Waals surface area contributed by atoms with Crippen molar-refractivity contribution in [2.75, 3.05) is 27.4 Å². The molecular weight excluding hydrogens is 344 g/mol. The number of carbonyl (C=O) groups is 1. The highest BCUT2D eigenvalue weighted by atomic mass is 35.5. The lowest BCUT2D eigenvalue weighted by Crippen LogP contribution is -2.45. The van der Waals surface area contributed by atoms with Crippen LogP contribution in [-0.4, -0.2) is 47.7 Å². The molecule has 0 saturated heterocycles. The largest absolute Gasteiger partial charge is 0.495 e. The van der Waals surface area contributed by atoms with Gasteiger partial charge in [0.2, 0.25) is 15.9 Å². The van der Waals surface area contributed by atoms with E-state index in [0.717, 1.165) is 0 Å². The molecule has 0 aromatic heterocycles. The Bertz CT molecular complexity index is 636. The molecule has 1 amide bonds. The molecule has 0 saturated carbocycles. The molecule has 7 nitrogen and oxygen atoms in total. The summed E-state index contributed by atoms with van der Waals surface area (Å²) in [6.07, 6.45) is 0.649. The van der Waals surface area contributed by atoms with Crippen molar-refractivity contribution in [3.63, 3.8) is 0 Å². The Morgan fingerprint density at radius 3 is 2.61 bits per heavy atom. The second-order valence-electron chi connectivity index (χ2n) is 4.78. The van der Waals surface area contributed by atoms with E-state index < -0.39 is 22.0 Å². The predicted molar refractivity (Wildman–Crippen MR) is 87.3 cm³/mol. The van der Waals surface area contributed by atoms with E-state index in [1.807, 2.05) is 0 Å². The van der Waals surface area contributed by atoms with Gasteiger partial charge in [0.25, 0.3) is 0 Å². The van der Waals surface area contributed by atoms with Crippen LogP contribution >= 0.6 is 11.6 Å². The van der Waals surface area contributed by atoms with Crippen molar-refractivity contribution in [3.05, 3.63) is 23.2 Å². The van der Waals surface area contributed by atoms with Gasteiger partial charge in [0.1, 0.15) is 5.75 Å². The standard InChI is InChI=1S/C14H21ClN2O5S/c1-10(14(18)16-7-4-8-21-2)17-23(19,20)11-5-6-13(22-3)12(15)9-11/h5-6,9-10,17H,4,7-8H2,1-3H3,(H,16,18)/t10-/m0/s1. The highest BCUT2D eigenvalue weighted by Gasteiger charge is 2.22. The van der Waals surface area contributed by atoms with E-state index in [1.54, 1.807) is 7.11 Å². The van der Waals surface area contributed by atoms with Gasteiger partial charge in [-0.2, -0.15) is 4.72 Å². The fraction of sp³-hybridized carbons (Fsp3) is 0.500. The lowest BCUT2D eigenvalue weighted by atomic mass is 10.3. The Balaban J connectivity index is 2.70. The van der Waals surface area contributed by atoms with Gasteiger partial charge in [-0.25, -0.2) is 8.42 Å². The van der Waals surface area contributed by atoms with Gasteiger partial charge in [-0.3, -0.25) is 4.79 Å². The van der Waals surface area contributed by atoms with E-state index in [4.69, 9.17) is 21.1 Å². The van der Waals surface area contributed by atoms with Crippen LogP contribution in [-0.2, 0) is 19.6 Å². The molecule has 0 spiro atoms. The van der Waals surface area contributed by atoms with Gasteiger partial charge in [0.05, 0.1) is 23.1 Å². The zero-order chi connectivity index (χ0) is 17.5. The van der Waals surface area contributed by atoms with Crippen molar-refractivity contribution < 1.29 is 22.7 Å². The van der Waals surface area contributed by atoms with Crippen LogP contribution in [0.2, 0.25) is 5.02 Å². The minimum atomic E-state index is -3.86. The zero-order valence-electron chi connectivity index (χ0n) is 13.3. The maximum atomic E-state index is 12.3. The van der Waals surface area contributed by atoms with E-state index in [-0.39, 0.29) is 9.92 Å². The normalized spacial score (nSPS) is 12.7. The first-order chi connectivity index (χ1) is 10.8. The van der Waals surface area contributed by atoms with Crippen LogP contribution < -0.4 is 14.8 Å². The number of sulfonamides is 1. The first kappa shape index (κ1) is 19.7. The molecule has 0 aliphatic carbocycles. The molecule has 2 N–H and O–H groups in total. The minimum absolute atomic E-state index is 0.0395. The number of methoxy groups -OCH3 is 2. The third kappa shape index (κ3) is 5.98. The van der Waals surface area contributed by atoms with Crippen LogP contribution in [0.1, 0.15) is 13.3 Å². The average molecular weight is 365 g/mol. The van der Waals surface area contributed by atoms with E-state index in [1.165, 1.54) is 32.2 Å². The van der Waals surface area contributed by atoms with Gasteiger partial charge in [0.15, 0.2) is 0 Å². The predicted octanol–water partition coefficient (Wildman–Crippen LogP) is 1.17. The van der Waals surface area contributed by atoms with Crippen molar-refractivity contribution in [2.24, 2.45) is 0 Å². The maximum absolute atomic E-state index is 12.3. The monoisotopic (exact) mass is 364 g/mol. The Morgan fingerprint density at radius 2 is 2.04 bits per heavy atom. The fourth-order valence-corrected chi connectivity index (χ4v) is 3.30. The lowest BCUT2D eigenvalue weighted by Gasteiger charge is -2.15. The fourth-order valence-electron chi connectivity index (χ4n) is 1.75. The van der Waals surface area contributed by atoms with E-state index in [2.05, 4.69) is 10.0 Å². The molecule has 0 aliphatic heterocycles. The average Bonchev–Trinajstić information content (AvgIpc) is 2.50. The minimum Gasteiger partial charge on any atom is -0.495 e. The summed E-state index contributed by atoms with van der Waals surface area (Å²) < 4.78 is 36.7. The second-order valence-corrected chi connectivity index (χ2v) is 6.90. The topological polar surface area (TPSA) is 93.7 Å². The molecule has 0 radical (unpaired) electrons. The molecule has 0 aliphatic rings. The lowest BCUT2D eigenvalue weighted by molar-refractivity contribution is -0.122. The van der Waals surface area contributed by atoms with Crippen molar-refractivity contribution in [2.45, 2.75) is 24.3 Å². The summed E-state index contributed by atoms with van der Waals surface area (Å²) in [5.74, 6) is -0.0427. The first-order valence-corrected chi connectivity index (χ1v) is 8.80. The maximum Gasteiger partial charge on any atom is 0.241 e. The summed E-state index contributed by atoms with van der Waals surface area (Å²) in [5, 5.41) is 2.80. The van der Waals surface area contributed by atoms with Gasteiger partial charge >= 0.3 is 0 Å². The van der Waals surface area contributed by atoms with Crippen LogP contribution in [0.3, 0.4) is 0 Å². The van der Waals surface area contributed by atoms with Gasteiger partial charge in [-0.15, -0.1) is 0 Å². The summed E-state index contributed by atoms with van der Waals surface area (Å²) in [7, 11) is -0.861. The Labute approximate surface area is 141 Å². The molecule has 130 valence electrons. The second kappa shape index (κ2) is 9.07. The molecule has 0 heterocycles. The quantitative estimate of drug-likeness (QED) is 0.641. The molecule has 9 heteroatoms. The molecule has 23 heavy (non-hydrogen) atoms. The number of hydrogen-bond acceptors (Lipinski definition) is 5. The number of rotatable bonds is 9. The third-order valence-corrected chi connectivity index (χ3v) is 4.82. The van der Waals surface area contributed by atoms with Crippen molar-refractivity contribution in [1.82, 2.24) is 10.0 Å². The molecule has 1 atom stereocenters. The smallest absolute Gasteiger partial charge is 0.241 e. The number of nitrogens with one attached hydrogen (secondary N) is 2. The van der Waals surface area contributed by atoms with Crippen LogP contribution in [0, 0.1) is 0 Å². The SMILES string of the molecule is COCCCNC(=O)[C@H](C)NS(=O)(=O)c1ccc(OC)c(Cl)c1. The van der Waals surface area contributed by atoms with E-state index >= 15 is 0 Å². The van der Waals surface area contributed by atoms with Gasteiger partial charge in [0, 0.05) is 20.3 Å². The molecule has 0 unspecified atom stereocenters. The van der Waals surface area contributed by atoms with Gasteiger partial charge < -0.3 is 14.8 Å². The Hall–Kier alpha value is -1.35. The highest BCUT2D eigenvalue weighted by molar-refractivity contribution is 7.89. The van der Waals surface area contributed by atoms with Crippen LogP contribution in [0.15, 0.2) is 23.1 Å². The summed E-state index contributed by atoms with van der Waals surface area (Å²) >= 11 is 5.92. The first-order valence-electron chi connectivity index (χ1n) is 6.94. The number of amides is 1. The third-order valence-electron chi connectivity index (χ3n) is 2.98. The summed E-state index contributed by atoms with van der Waals surface area (Å²) in [5.41, 5.74) is 0.